The zero-order valence-electron chi connectivity index (χ0n) is 15.6. The number of hydrogen-bond donors (Lipinski definition) is 0. The average Bonchev–Trinajstić information content (AvgIpc) is 3.03. The van der Waals surface area contributed by atoms with Crippen LogP contribution < -0.4 is 9.80 Å². The van der Waals surface area contributed by atoms with Gasteiger partial charge in [-0.05, 0) is 30.7 Å². The van der Waals surface area contributed by atoms with Crippen molar-refractivity contribution in [2.75, 3.05) is 36.0 Å². The molecule has 0 aromatic carbocycles. The van der Waals surface area contributed by atoms with Gasteiger partial charge in [0.05, 0.1) is 12.4 Å². The van der Waals surface area contributed by atoms with E-state index in [1.165, 1.54) is 12.4 Å². The van der Waals surface area contributed by atoms with Crippen LogP contribution in [0.1, 0.15) is 6.42 Å². The number of anilines is 2. The predicted octanol–water partition coefficient (Wildman–Crippen LogP) is 1.83. The molecule has 5 heterocycles. The average molecular weight is 391 g/mol. The van der Waals surface area contributed by atoms with Gasteiger partial charge in [-0.1, -0.05) is 0 Å². The maximum atomic E-state index is 13.1. The van der Waals surface area contributed by atoms with Crippen molar-refractivity contribution >= 4 is 17.4 Å². The maximum absolute atomic E-state index is 13.1. The van der Waals surface area contributed by atoms with Crippen LogP contribution in [-0.4, -0.2) is 60.9 Å². The van der Waals surface area contributed by atoms with Crippen molar-refractivity contribution < 1.29 is 4.39 Å². The predicted molar refractivity (Wildman–Crippen MR) is 105 cm³/mol. The first-order valence-corrected chi connectivity index (χ1v) is 9.38. The second kappa shape index (κ2) is 7.38. The van der Waals surface area contributed by atoms with E-state index in [1.807, 2.05) is 24.3 Å². The van der Waals surface area contributed by atoms with Gasteiger partial charge in [0.15, 0.2) is 17.3 Å². The second-order valence-corrected chi connectivity index (χ2v) is 6.75. The van der Waals surface area contributed by atoms with Crippen molar-refractivity contribution in [3.8, 4) is 11.4 Å². The molecule has 10 heteroatoms. The highest BCUT2D eigenvalue weighted by Gasteiger charge is 2.19. The number of halogens is 1. The van der Waals surface area contributed by atoms with Crippen molar-refractivity contribution in [3.63, 3.8) is 0 Å². The largest absolute Gasteiger partial charge is 0.353 e. The third kappa shape index (κ3) is 3.44. The van der Waals surface area contributed by atoms with E-state index < -0.39 is 5.82 Å². The van der Waals surface area contributed by atoms with E-state index in [2.05, 4.69) is 34.9 Å². The molecule has 0 bridgehead atoms. The Morgan fingerprint density at radius 3 is 2.41 bits per heavy atom. The minimum Gasteiger partial charge on any atom is -0.353 e. The molecule has 5 rings (SSSR count). The van der Waals surface area contributed by atoms with Gasteiger partial charge in [0.1, 0.15) is 5.82 Å². The summed E-state index contributed by atoms with van der Waals surface area (Å²) in [4.78, 5) is 16.5. The van der Waals surface area contributed by atoms with Crippen LogP contribution in [0.15, 0.2) is 49.1 Å². The summed E-state index contributed by atoms with van der Waals surface area (Å²) in [5, 5.41) is 13.3. The van der Waals surface area contributed by atoms with E-state index in [4.69, 9.17) is 5.10 Å². The molecule has 0 aliphatic carbocycles. The molecule has 0 atom stereocenters. The highest BCUT2D eigenvalue weighted by Crippen LogP contribution is 2.20. The molecule has 0 amide bonds. The molecule has 0 radical (unpaired) electrons. The molecule has 0 N–H and O–H groups in total. The Kier molecular flexibility index (Phi) is 4.43. The van der Waals surface area contributed by atoms with Gasteiger partial charge in [-0.15, -0.1) is 15.3 Å². The Morgan fingerprint density at radius 1 is 0.828 bits per heavy atom. The summed E-state index contributed by atoms with van der Waals surface area (Å²) in [6, 6.07) is 7.66. The lowest BCUT2D eigenvalue weighted by Gasteiger charge is -2.22. The second-order valence-electron chi connectivity index (χ2n) is 6.75. The Balaban J connectivity index is 1.40. The smallest absolute Gasteiger partial charge is 0.225 e. The van der Waals surface area contributed by atoms with Crippen LogP contribution in [-0.2, 0) is 0 Å². The van der Waals surface area contributed by atoms with Gasteiger partial charge in [0, 0.05) is 44.1 Å². The molecule has 0 spiro atoms. The Hall–Kier alpha value is -3.69. The maximum Gasteiger partial charge on any atom is 0.225 e. The number of hydrogen-bond acceptors (Lipinski definition) is 8. The zero-order chi connectivity index (χ0) is 19.6. The van der Waals surface area contributed by atoms with Crippen LogP contribution in [0.5, 0.6) is 0 Å². The van der Waals surface area contributed by atoms with E-state index in [-0.39, 0.29) is 0 Å². The standard InChI is InChI=1S/C19H18FN9/c20-15-12-22-19(23-13-15)28-9-1-8-27(10-11-28)17-3-2-16-24-25-18(29(16)26-17)14-4-6-21-7-5-14/h2-7,12-13H,1,8-11H2. The Bertz CT molecular complexity index is 1110. The van der Waals surface area contributed by atoms with E-state index in [1.54, 1.807) is 16.9 Å². The Morgan fingerprint density at radius 2 is 1.59 bits per heavy atom. The molecule has 9 nitrogen and oxygen atoms in total. The van der Waals surface area contributed by atoms with E-state index in [9.17, 15) is 4.39 Å². The monoisotopic (exact) mass is 391 g/mol. The third-order valence-corrected chi connectivity index (χ3v) is 4.90. The lowest BCUT2D eigenvalue weighted by Crippen LogP contribution is -2.32. The molecule has 1 fully saturated rings. The van der Waals surface area contributed by atoms with E-state index in [0.29, 0.717) is 17.4 Å². The summed E-state index contributed by atoms with van der Waals surface area (Å²) >= 11 is 0. The molecule has 1 aliphatic heterocycles. The zero-order valence-corrected chi connectivity index (χ0v) is 15.6. The van der Waals surface area contributed by atoms with Gasteiger partial charge < -0.3 is 9.80 Å². The number of pyridine rings is 1. The summed E-state index contributed by atoms with van der Waals surface area (Å²) in [6.45, 7) is 3.14. The normalized spacial score (nSPS) is 14.9. The van der Waals surface area contributed by atoms with Crippen molar-refractivity contribution in [1.29, 1.82) is 0 Å². The summed E-state index contributed by atoms with van der Waals surface area (Å²) in [7, 11) is 0. The number of nitrogens with zero attached hydrogens (tertiary/aromatic N) is 9. The molecule has 4 aromatic rings. The van der Waals surface area contributed by atoms with Crippen LogP contribution in [0.4, 0.5) is 16.2 Å². The van der Waals surface area contributed by atoms with Crippen LogP contribution in [0.2, 0.25) is 0 Å². The minimum atomic E-state index is -0.429. The fourth-order valence-corrected chi connectivity index (χ4v) is 3.44. The van der Waals surface area contributed by atoms with Crippen LogP contribution in [0.25, 0.3) is 17.0 Å². The molecule has 146 valence electrons. The van der Waals surface area contributed by atoms with Crippen LogP contribution in [0, 0.1) is 5.82 Å². The van der Waals surface area contributed by atoms with Gasteiger partial charge in [-0.25, -0.2) is 14.4 Å². The van der Waals surface area contributed by atoms with Crippen molar-refractivity contribution in [2.24, 2.45) is 0 Å². The summed E-state index contributed by atoms with van der Waals surface area (Å²) in [6.07, 6.45) is 6.77. The van der Waals surface area contributed by atoms with Gasteiger partial charge in [-0.2, -0.15) is 4.52 Å². The fraction of sp³-hybridized carbons (Fsp3) is 0.263. The highest BCUT2D eigenvalue weighted by atomic mass is 19.1. The van der Waals surface area contributed by atoms with Crippen molar-refractivity contribution in [2.45, 2.75) is 6.42 Å². The number of fused-ring (bicyclic) bond motifs is 1. The molecule has 4 aromatic heterocycles. The first kappa shape index (κ1) is 17.4. The Labute approximate surface area is 165 Å². The number of aromatic nitrogens is 7. The molecular formula is C19H18FN9. The van der Waals surface area contributed by atoms with Crippen molar-refractivity contribution in [3.05, 3.63) is 54.9 Å². The first-order valence-electron chi connectivity index (χ1n) is 9.38. The molecular weight excluding hydrogens is 373 g/mol. The van der Waals surface area contributed by atoms with Crippen LogP contribution in [0.3, 0.4) is 0 Å². The van der Waals surface area contributed by atoms with Gasteiger partial charge in [0.2, 0.25) is 5.95 Å². The first-order chi connectivity index (χ1) is 14.3. The van der Waals surface area contributed by atoms with E-state index in [0.717, 1.165) is 44.0 Å². The van der Waals surface area contributed by atoms with Crippen LogP contribution >= 0.6 is 0 Å². The van der Waals surface area contributed by atoms with Gasteiger partial charge in [-0.3, -0.25) is 4.98 Å². The fourth-order valence-electron chi connectivity index (χ4n) is 3.44. The summed E-state index contributed by atoms with van der Waals surface area (Å²) < 4.78 is 14.9. The lowest BCUT2D eigenvalue weighted by molar-refractivity contribution is 0.611. The van der Waals surface area contributed by atoms with Gasteiger partial charge >= 0.3 is 0 Å². The molecule has 1 saturated heterocycles. The number of rotatable bonds is 3. The highest BCUT2D eigenvalue weighted by molar-refractivity contribution is 5.59. The molecule has 0 unspecified atom stereocenters. The SMILES string of the molecule is Fc1cnc(N2CCCN(c3ccc4nnc(-c5ccncc5)n4n3)CC2)nc1. The lowest BCUT2D eigenvalue weighted by atomic mass is 10.2. The molecule has 0 saturated carbocycles. The third-order valence-electron chi connectivity index (χ3n) is 4.90. The van der Waals surface area contributed by atoms with Crippen molar-refractivity contribution in [1.82, 2.24) is 34.8 Å². The minimum absolute atomic E-state index is 0.429. The quantitative estimate of drug-likeness (QED) is 0.523. The summed E-state index contributed by atoms with van der Waals surface area (Å²) in [5.74, 6) is 1.66. The molecule has 29 heavy (non-hydrogen) atoms. The summed E-state index contributed by atoms with van der Waals surface area (Å²) in [5.41, 5.74) is 1.60. The molecule has 1 aliphatic rings. The van der Waals surface area contributed by atoms with Gasteiger partial charge in [0.25, 0.3) is 0 Å². The topological polar surface area (TPSA) is 88.2 Å². The van der Waals surface area contributed by atoms with E-state index >= 15 is 0 Å².